The first-order valence-corrected chi connectivity index (χ1v) is 4.59. The molecule has 0 radical (unpaired) electrons. The van der Waals surface area contributed by atoms with E-state index in [0.717, 1.165) is 19.5 Å². The van der Waals surface area contributed by atoms with E-state index in [0.29, 0.717) is 6.42 Å². The largest absolute Gasteiger partial charge is 0.312 e. The zero-order valence-electron chi connectivity index (χ0n) is 7.51. The van der Waals surface area contributed by atoms with Crippen LogP contribution in [-0.4, -0.2) is 6.54 Å². The van der Waals surface area contributed by atoms with Crippen LogP contribution in [0.3, 0.4) is 0 Å². The summed E-state index contributed by atoms with van der Waals surface area (Å²) in [6, 6.07) is 8.46. The van der Waals surface area contributed by atoms with Gasteiger partial charge in [0.05, 0.1) is 12.5 Å². The van der Waals surface area contributed by atoms with E-state index in [1.807, 2.05) is 6.07 Å². The van der Waals surface area contributed by atoms with E-state index >= 15 is 0 Å². The lowest BCUT2D eigenvalue weighted by atomic mass is 9.94. The summed E-state index contributed by atoms with van der Waals surface area (Å²) in [6.07, 6.45) is 1.61. The molecular formula is C11H12N2. The average molecular weight is 172 g/mol. The van der Waals surface area contributed by atoms with Gasteiger partial charge in [-0.15, -0.1) is 0 Å². The standard InChI is InChI=1S/C11H12N2/c12-6-4-9-2-1-3-10-8-13-7-5-11(9)10/h1-3,13H,4-5,7-8H2. The lowest BCUT2D eigenvalue weighted by Crippen LogP contribution is -2.24. The van der Waals surface area contributed by atoms with Crippen molar-refractivity contribution in [2.75, 3.05) is 6.54 Å². The van der Waals surface area contributed by atoms with Gasteiger partial charge in [-0.3, -0.25) is 0 Å². The number of rotatable bonds is 1. The fourth-order valence-corrected chi connectivity index (χ4v) is 1.86. The molecule has 0 fully saturated rings. The highest BCUT2D eigenvalue weighted by atomic mass is 14.9. The van der Waals surface area contributed by atoms with Crippen LogP contribution < -0.4 is 5.32 Å². The van der Waals surface area contributed by atoms with Gasteiger partial charge in [-0.2, -0.15) is 5.26 Å². The molecule has 1 aromatic rings. The van der Waals surface area contributed by atoms with Gasteiger partial charge in [0, 0.05) is 6.54 Å². The lowest BCUT2D eigenvalue weighted by Gasteiger charge is -2.19. The predicted octanol–water partition coefficient (Wildman–Crippen LogP) is 1.40. The van der Waals surface area contributed by atoms with Crippen LogP contribution in [0.15, 0.2) is 18.2 Å². The van der Waals surface area contributed by atoms with Crippen LogP contribution in [-0.2, 0) is 19.4 Å². The van der Waals surface area contributed by atoms with Gasteiger partial charge in [0.15, 0.2) is 0 Å². The summed E-state index contributed by atoms with van der Waals surface area (Å²) < 4.78 is 0. The minimum absolute atomic E-state index is 0.545. The van der Waals surface area contributed by atoms with Gasteiger partial charge in [-0.25, -0.2) is 0 Å². The van der Waals surface area contributed by atoms with Gasteiger partial charge < -0.3 is 5.32 Å². The second-order valence-corrected chi connectivity index (χ2v) is 3.32. The van der Waals surface area contributed by atoms with E-state index in [4.69, 9.17) is 5.26 Å². The minimum Gasteiger partial charge on any atom is -0.312 e. The summed E-state index contributed by atoms with van der Waals surface area (Å²) >= 11 is 0. The third kappa shape index (κ3) is 1.56. The Kier molecular flexibility index (Phi) is 2.29. The first-order chi connectivity index (χ1) is 6.42. The van der Waals surface area contributed by atoms with E-state index in [-0.39, 0.29) is 0 Å². The first-order valence-electron chi connectivity index (χ1n) is 4.59. The van der Waals surface area contributed by atoms with Crippen molar-refractivity contribution >= 4 is 0 Å². The number of fused-ring (bicyclic) bond motifs is 1. The van der Waals surface area contributed by atoms with Crippen LogP contribution in [0.1, 0.15) is 16.7 Å². The molecule has 0 atom stereocenters. The molecule has 66 valence electrons. The van der Waals surface area contributed by atoms with Crippen molar-refractivity contribution in [3.63, 3.8) is 0 Å². The fraction of sp³-hybridized carbons (Fsp3) is 0.364. The number of benzene rings is 1. The van der Waals surface area contributed by atoms with Crippen molar-refractivity contribution in [1.82, 2.24) is 5.32 Å². The maximum atomic E-state index is 8.66. The van der Waals surface area contributed by atoms with Crippen molar-refractivity contribution < 1.29 is 0 Å². The van der Waals surface area contributed by atoms with Crippen molar-refractivity contribution in [2.24, 2.45) is 0 Å². The van der Waals surface area contributed by atoms with Crippen molar-refractivity contribution in [2.45, 2.75) is 19.4 Å². The quantitative estimate of drug-likeness (QED) is 0.695. The van der Waals surface area contributed by atoms with Gasteiger partial charge >= 0.3 is 0 Å². The Bertz CT molecular complexity index is 350. The molecule has 0 aliphatic carbocycles. The van der Waals surface area contributed by atoms with Crippen LogP contribution in [0.5, 0.6) is 0 Å². The number of nitrogens with zero attached hydrogens (tertiary/aromatic N) is 1. The fourth-order valence-electron chi connectivity index (χ4n) is 1.86. The molecule has 1 N–H and O–H groups in total. The van der Waals surface area contributed by atoms with Gasteiger partial charge in [-0.05, 0) is 29.7 Å². The van der Waals surface area contributed by atoms with Crippen molar-refractivity contribution in [3.8, 4) is 6.07 Å². The van der Waals surface area contributed by atoms with Crippen LogP contribution in [0.4, 0.5) is 0 Å². The molecule has 13 heavy (non-hydrogen) atoms. The number of hydrogen-bond donors (Lipinski definition) is 1. The van der Waals surface area contributed by atoms with E-state index in [9.17, 15) is 0 Å². The SMILES string of the molecule is N#CCc1cccc2c1CCNC2. The number of hydrogen-bond acceptors (Lipinski definition) is 2. The summed E-state index contributed by atoms with van der Waals surface area (Å²) in [5.74, 6) is 0. The minimum atomic E-state index is 0.545. The van der Waals surface area contributed by atoms with Gasteiger partial charge in [0.25, 0.3) is 0 Å². The molecule has 0 unspecified atom stereocenters. The number of nitriles is 1. The molecule has 1 aromatic carbocycles. The maximum Gasteiger partial charge on any atom is 0.0669 e. The second kappa shape index (κ2) is 3.59. The van der Waals surface area contributed by atoms with Crippen LogP contribution >= 0.6 is 0 Å². The Morgan fingerprint density at radius 3 is 3.23 bits per heavy atom. The van der Waals surface area contributed by atoms with E-state index < -0.39 is 0 Å². The molecule has 0 spiro atoms. The lowest BCUT2D eigenvalue weighted by molar-refractivity contribution is 0.640. The third-order valence-corrected chi connectivity index (χ3v) is 2.51. The molecule has 0 aromatic heterocycles. The molecule has 2 rings (SSSR count). The molecule has 0 saturated carbocycles. The zero-order chi connectivity index (χ0) is 9.10. The summed E-state index contributed by atoms with van der Waals surface area (Å²) in [7, 11) is 0. The van der Waals surface area contributed by atoms with Gasteiger partial charge in [0.1, 0.15) is 0 Å². The highest BCUT2D eigenvalue weighted by Gasteiger charge is 2.11. The Hall–Kier alpha value is -1.33. The van der Waals surface area contributed by atoms with Crippen molar-refractivity contribution in [1.29, 1.82) is 5.26 Å². The normalized spacial score (nSPS) is 14.7. The molecule has 2 nitrogen and oxygen atoms in total. The third-order valence-electron chi connectivity index (χ3n) is 2.51. The molecule has 1 heterocycles. The van der Waals surface area contributed by atoms with Crippen LogP contribution in [0.25, 0.3) is 0 Å². The van der Waals surface area contributed by atoms with E-state index in [1.54, 1.807) is 0 Å². The second-order valence-electron chi connectivity index (χ2n) is 3.32. The summed E-state index contributed by atoms with van der Waals surface area (Å²) in [5.41, 5.74) is 3.96. The number of nitrogens with one attached hydrogen (secondary N) is 1. The molecule has 0 amide bonds. The topological polar surface area (TPSA) is 35.8 Å². The Morgan fingerprint density at radius 2 is 2.38 bits per heavy atom. The monoisotopic (exact) mass is 172 g/mol. The molecule has 0 bridgehead atoms. The van der Waals surface area contributed by atoms with Crippen molar-refractivity contribution in [3.05, 3.63) is 34.9 Å². The summed E-state index contributed by atoms with van der Waals surface area (Å²) in [5, 5.41) is 12.0. The molecule has 2 heteroatoms. The van der Waals surface area contributed by atoms with Gasteiger partial charge in [-0.1, -0.05) is 18.2 Å². The van der Waals surface area contributed by atoms with Crippen LogP contribution in [0.2, 0.25) is 0 Å². The average Bonchev–Trinajstić information content (AvgIpc) is 2.19. The maximum absolute atomic E-state index is 8.66. The molecule has 1 aliphatic rings. The van der Waals surface area contributed by atoms with Gasteiger partial charge in [0.2, 0.25) is 0 Å². The molecular weight excluding hydrogens is 160 g/mol. The Morgan fingerprint density at radius 1 is 1.46 bits per heavy atom. The molecule has 1 aliphatic heterocycles. The van der Waals surface area contributed by atoms with E-state index in [1.165, 1.54) is 16.7 Å². The molecule has 0 saturated heterocycles. The van der Waals surface area contributed by atoms with Crippen LogP contribution in [0, 0.1) is 11.3 Å². The Balaban J connectivity index is 2.41. The summed E-state index contributed by atoms with van der Waals surface area (Å²) in [4.78, 5) is 0. The summed E-state index contributed by atoms with van der Waals surface area (Å²) in [6.45, 7) is 1.99. The Labute approximate surface area is 78.2 Å². The highest BCUT2D eigenvalue weighted by molar-refractivity contribution is 5.38. The van der Waals surface area contributed by atoms with E-state index in [2.05, 4.69) is 23.5 Å². The zero-order valence-corrected chi connectivity index (χ0v) is 7.51. The smallest absolute Gasteiger partial charge is 0.0669 e. The highest BCUT2D eigenvalue weighted by Crippen LogP contribution is 2.18. The predicted molar refractivity (Wildman–Crippen MR) is 51.2 cm³/mol. The first kappa shape index (κ1) is 8.28.